The van der Waals surface area contributed by atoms with Crippen LogP contribution in [0.2, 0.25) is 5.02 Å². The highest BCUT2D eigenvalue weighted by molar-refractivity contribution is 6.31. The van der Waals surface area contributed by atoms with Gasteiger partial charge in [-0.1, -0.05) is 133 Å². The van der Waals surface area contributed by atoms with Crippen LogP contribution in [0.5, 0.6) is 0 Å². The minimum absolute atomic E-state index is 0.709. The molecule has 0 bridgehead atoms. The predicted octanol–water partition coefficient (Wildman–Crippen LogP) is 12.0. The van der Waals surface area contributed by atoms with Crippen LogP contribution >= 0.6 is 11.6 Å². The van der Waals surface area contributed by atoms with Crippen molar-refractivity contribution in [3.63, 3.8) is 0 Å². The summed E-state index contributed by atoms with van der Waals surface area (Å²) in [7, 11) is 0. The SMILES string of the molecule is Clc1ccc(N(c2ccc(-c3ccccc3)cc2)c2ccc(-c3ccccc3)cc2)c(-c2ccc3ccccc3c2)c1. The van der Waals surface area contributed by atoms with E-state index in [0.29, 0.717) is 5.02 Å². The summed E-state index contributed by atoms with van der Waals surface area (Å²) in [5, 5.41) is 3.13. The third kappa shape index (κ3) is 5.19. The van der Waals surface area contributed by atoms with Gasteiger partial charge in [0.25, 0.3) is 0 Å². The van der Waals surface area contributed by atoms with E-state index in [1.54, 1.807) is 0 Å². The summed E-state index contributed by atoms with van der Waals surface area (Å²) in [4.78, 5) is 2.32. The van der Waals surface area contributed by atoms with E-state index < -0.39 is 0 Å². The van der Waals surface area contributed by atoms with Gasteiger partial charge in [-0.25, -0.2) is 0 Å². The van der Waals surface area contributed by atoms with E-state index >= 15 is 0 Å². The first-order valence-electron chi connectivity index (χ1n) is 14.1. The summed E-state index contributed by atoms with van der Waals surface area (Å²) < 4.78 is 0. The van der Waals surface area contributed by atoms with E-state index in [1.165, 1.54) is 33.0 Å². The second-order valence-corrected chi connectivity index (χ2v) is 10.8. The summed E-state index contributed by atoms with van der Waals surface area (Å²) in [6, 6.07) is 59.8. The maximum atomic E-state index is 6.64. The molecule has 0 unspecified atom stereocenters. The molecule has 0 amide bonds. The van der Waals surface area contributed by atoms with Gasteiger partial charge in [0.1, 0.15) is 0 Å². The number of benzene rings is 7. The van der Waals surface area contributed by atoms with Crippen molar-refractivity contribution in [2.24, 2.45) is 0 Å². The number of hydrogen-bond donors (Lipinski definition) is 0. The van der Waals surface area contributed by atoms with Gasteiger partial charge in [-0.15, -0.1) is 0 Å². The molecule has 0 saturated carbocycles. The van der Waals surface area contributed by atoms with E-state index in [4.69, 9.17) is 11.6 Å². The van der Waals surface area contributed by atoms with Crippen LogP contribution in [0.15, 0.2) is 170 Å². The molecule has 2 heteroatoms. The molecule has 0 saturated heterocycles. The molecule has 7 aromatic carbocycles. The minimum Gasteiger partial charge on any atom is -0.310 e. The fourth-order valence-electron chi connectivity index (χ4n) is 5.59. The first kappa shape index (κ1) is 25.8. The van der Waals surface area contributed by atoms with Crippen molar-refractivity contribution in [2.45, 2.75) is 0 Å². The van der Waals surface area contributed by atoms with Crippen LogP contribution in [0.25, 0.3) is 44.2 Å². The van der Waals surface area contributed by atoms with E-state index in [2.05, 4.69) is 157 Å². The molecular formula is C40H28ClN. The van der Waals surface area contributed by atoms with Gasteiger partial charge in [0.2, 0.25) is 0 Å². The smallest absolute Gasteiger partial charge is 0.0541 e. The molecule has 0 spiro atoms. The second-order valence-electron chi connectivity index (χ2n) is 10.4. The van der Waals surface area contributed by atoms with E-state index in [1.807, 2.05) is 18.2 Å². The zero-order chi connectivity index (χ0) is 28.3. The lowest BCUT2D eigenvalue weighted by Crippen LogP contribution is -2.11. The zero-order valence-corrected chi connectivity index (χ0v) is 23.7. The van der Waals surface area contributed by atoms with E-state index in [-0.39, 0.29) is 0 Å². The molecule has 0 atom stereocenters. The van der Waals surface area contributed by atoms with Crippen LogP contribution in [0, 0.1) is 0 Å². The Balaban J connectivity index is 1.38. The first-order chi connectivity index (χ1) is 20.7. The Labute approximate surface area is 251 Å². The standard InChI is InChI=1S/C40H28ClN/c41-36-21-26-40(39(28-36)35-16-15-31-13-7-8-14-34(31)27-35)42(37-22-17-32(18-23-37)29-9-3-1-4-10-29)38-24-19-33(20-25-38)30-11-5-2-6-12-30/h1-28H. The monoisotopic (exact) mass is 557 g/mol. The quantitative estimate of drug-likeness (QED) is 0.196. The summed E-state index contributed by atoms with van der Waals surface area (Å²) >= 11 is 6.64. The summed E-state index contributed by atoms with van der Waals surface area (Å²) in [6.45, 7) is 0. The molecule has 200 valence electrons. The van der Waals surface area contributed by atoms with Gasteiger partial charge >= 0.3 is 0 Å². The molecule has 0 N–H and O–H groups in total. The molecule has 0 radical (unpaired) electrons. The highest BCUT2D eigenvalue weighted by Gasteiger charge is 2.18. The lowest BCUT2D eigenvalue weighted by molar-refractivity contribution is 1.28. The Hall–Kier alpha value is -5.11. The molecule has 0 aliphatic carbocycles. The number of anilines is 3. The average molecular weight is 558 g/mol. The maximum Gasteiger partial charge on any atom is 0.0541 e. The van der Waals surface area contributed by atoms with Crippen LogP contribution in [-0.2, 0) is 0 Å². The summed E-state index contributed by atoms with van der Waals surface area (Å²) in [5.74, 6) is 0. The molecule has 1 nitrogen and oxygen atoms in total. The third-order valence-corrected chi connectivity index (χ3v) is 7.96. The molecule has 0 heterocycles. The van der Waals surface area contributed by atoms with Crippen molar-refractivity contribution in [3.8, 4) is 33.4 Å². The lowest BCUT2D eigenvalue weighted by Gasteiger charge is -2.28. The Morgan fingerprint density at radius 1 is 0.357 bits per heavy atom. The third-order valence-electron chi connectivity index (χ3n) is 7.73. The number of rotatable bonds is 6. The van der Waals surface area contributed by atoms with Gasteiger partial charge in [-0.2, -0.15) is 0 Å². The fraction of sp³-hybridized carbons (Fsp3) is 0. The van der Waals surface area contributed by atoms with Gasteiger partial charge in [0.05, 0.1) is 5.69 Å². The highest BCUT2D eigenvalue weighted by atomic mass is 35.5. The molecule has 7 rings (SSSR count). The van der Waals surface area contributed by atoms with Crippen LogP contribution < -0.4 is 4.90 Å². The molecule has 42 heavy (non-hydrogen) atoms. The number of fused-ring (bicyclic) bond motifs is 1. The first-order valence-corrected chi connectivity index (χ1v) is 14.5. The van der Waals surface area contributed by atoms with Gasteiger partial charge in [-0.3, -0.25) is 0 Å². The van der Waals surface area contributed by atoms with Crippen molar-refractivity contribution in [1.29, 1.82) is 0 Å². The molecule has 0 aliphatic rings. The van der Waals surface area contributed by atoms with Crippen molar-refractivity contribution in [1.82, 2.24) is 0 Å². The van der Waals surface area contributed by atoms with Crippen molar-refractivity contribution in [3.05, 3.63) is 175 Å². The average Bonchev–Trinajstić information content (AvgIpc) is 3.07. The van der Waals surface area contributed by atoms with Crippen LogP contribution in [0.4, 0.5) is 17.1 Å². The topological polar surface area (TPSA) is 3.24 Å². The van der Waals surface area contributed by atoms with Gasteiger partial charge < -0.3 is 4.90 Å². The van der Waals surface area contributed by atoms with Gasteiger partial charge in [0.15, 0.2) is 0 Å². The Bertz CT molecular complexity index is 1880. The van der Waals surface area contributed by atoms with Gasteiger partial charge in [-0.05, 0) is 87.1 Å². The molecule has 0 aliphatic heterocycles. The Morgan fingerprint density at radius 2 is 0.833 bits per heavy atom. The number of nitrogens with zero attached hydrogens (tertiary/aromatic N) is 1. The van der Waals surface area contributed by atoms with Crippen LogP contribution in [-0.4, -0.2) is 0 Å². The molecular weight excluding hydrogens is 530 g/mol. The lowest BCUT2D eigenvalue weighted by atomic mass is 9.98. The second kappa shape index (κ2) is 11.4. The molecule has 7 aromatic rings. The fourth-order valence-corrected chi connectivity index (χ4v) is 5.76. The van der Waals surface area contributed by atoms with Crippen LogP contribution in [0.3, 0.4) is 0 Å². The number of hydrogen-bond acceptors (Lipinski definition) is 1. The maximum absolute atomic E-state index is 6.64. The Kier molecular flexibility index (Phi) is 7.02. The predicted molar refractivity (Wildman–Crippen MR) is 180 cm³/mol. The highest BCUT2D eigenvalue weighted by Crippen LogP contribution is 2.43. The van der Waals surface area contributed by atoms with Crippen molar-refractivity contribution < 1.29 is 0 Å². The van der Waals surface area contributed by atoms with Crippen LogP contribution in [0.1, 0.15) is 0 Å². The normalized spacial score (nSPS) is 11.0. The number of halogens is 1. The zero-order valence-electron chi connectivity index (χ0n) is 23.0. The van der Waals surface area contributed by atoms with Crippen molar-refractivity contribution >= 4 is 39.4 Å². The summed E-state index contributed by atoms with van der Waals surface area (Å²) in [6.07, 6.45) is 0. The minimum atomic E-state index is 0.709. The van der Waals surface area contributed by atoms with Crippen molar-refractivity contribution in [2.75, 3.05) is 4.90 Å². The van der Waals surface area contributed by atoms with Gasteiger partial charge in [0, 0.05) is 22.0 Å². The summed E-state index contributed by atoms with van der Waals surface area (Å²) in [5.41, 5.74) is 10.2. The molecule has 0 aromatic heterocycles. The van der Waals surface area contributed by atoms with E-state index in [9.17, 15) is 0 Å². The largest absolute Gasteiger partial charge is 0.310 e. The molecule has 0 fully saturated rings. The Morgan fingerprint density at radius 3 is 1.40 bits per heavy atom. The van der Waals surface area contributed by atoms with E-state index in [0.717, 1.165) is 28.2 Å².